The lowest BCUT2D eigenvalue weighted by atomic mass is 10.0. The standard InChI is InChI=1S/C14H14O8S2/c1-3-9(7-11(4-2)23(17,18)19)14(16)10-5-6-12(15)13(8-10)24(20,21)22/h3-8,15H,2H2,1H3,(H,17,18,19)(H,20,21,22)/b9-3+,11-7+. The summed E-state index contributed by atoms with van der Waals surface area (Å²) in [6, 6.07) is 2.72. The van der Waals surface area contributed by atoms with Crippen molar-refractivity contribution in [2.75, 3.05) is 0 Å². The summed E-state index contributed by atoms with van der Waals surface area (Å²) >= 11 is 0. The van der Waals surface area contributed by atoms with Gasteiger partial charge < -0.3 is 5.11 Å². The van der Waals surface area contributed by atoms with Gasteiger partial charge in [-0.3, -0.25) is 13.9 Å². The molecule has 0 atom stereocenters. The van der Waals surface area contributed by atoms with Gasteiger partial charge in [0.05, 0.1) is 4.91 Å². The second-order valence-electron chi connectivity index (χ2n) is 4.46. The van der Waals surface area contributed by atoms with Crippen molar-refractivity contribution in [3.63, 3.8) is 0 Å². The average molecular weight is 374 g/mol. The SMILES string of the molecule is C=C/C(=C\C(=C/C)C(=O)c1ccc(O)c(S(=O)(=O)O)c1)S(=O)(=O)O. The first-order valence-corrected chi connectivity index (χ1v) is 9.13. The van der Waals surface area contributed by atoms with Crippen LogP contribution in [0.5, 0.6) is 5.75 Å². The third-order valence-corrected chi connectivity index (χ3v) is 4.63. The molecule has 8 nitrogen and oxygen atoms in total. The van der Waals surface area contributed by atoms with E-state index < -0.39 is 41.6 Å². The smallest absolute Gasteiger partial charge is 0.298 e. The van der Waals surface area contributed by atoms with E-state index >= 15 is 0 Å². The van der Waals surface area contributed by atoms with Crippen LogP contribution in [0.4, 0.5) is 0 Å². The van der Waals surface area contributed by atoms with E-state index in [1.807, 2.05) is 0 Å². The maximum absolute atomic E-state index is 12.4. The Morgan fingerprint density at radius 1 is 1.17 bits per heavy atom. The monoisotopic (exact) mass is 374 g/mol. The van der Waals surface area contributed by atoms with Crippen LogP contribution in [0.1, 0.15) is 17.3 Å². The first kappa shape index (κ1) is 19.8. The van der Waals surface area contributed by atoms with Gasteiger partial charge in [0.2, 0.25) is 0 Å². The second kappa shape index (κ2) is 7.09. The van der Waals surface area contributed by atoms with Crippen LogP contribution in [0.15, 0.2) is 58.4 Å². The van der Waals surface area contributed by atoms with E-state index in [0.29, 0.717) is 0 Å². The van der Waals surface area contributed by atoms with Crippen LogP contribution < -0.4 is 0 Å². The van der Waals surface area contributed by atoms with Crippen molar-refractivity contribution < 1.29 is 35.8 Å². The van der Waals surface area contributed by atoms with Crippen LogP contribution in [0.3, 0.4) is 0 Å². The Balaban J connectivity index is 3.46. The molecule has 0 saturated heterocycles. The molecule has 0 unspecified atom stereocenters. The second-order valence-corrected chi connectivity index (χ2v) is 7.27. The Hall–Kier alpha value is -2.27. The summed E-state index contributed by atoms with van der Waals surface area (Å²) in [5.74, 6) is -1.55. The molecule has 1 aromatic carbocycles. The summed E-state index contributed by atoms with van der Waals surface area (Å²) in [4.78, 5) is 10.9. The van der Waals surface area contributed by atoms with Crippen LogP contribution >= 0.6 is 0 Å². The number of ketones is 1. The van der Waals surface area contributed by atoms with E-state index in [1.165, 1.54) is 13.0 Å². The van der Waals surface area contributed by atoms with Crippen molar-refractivity contribution >= 4 is 26.0 Å². The van der Waals surface area contributed by atoms with E-state index in [1.54, 1.807) is 0 Å². The Labute approximate surface area is 138 Å². The van der Waals surface area contributed by atoms with Gasteiger partial charge in [0.15, 0.2) is 5.78 Å². The molecule has 0 aliphatic heterocycles. The number of phenolic OH excluding ortho intramolecular Hbond substituents is 1. The summed E-state index contributed by atoms with van der Waals surface area (Å²) in [5.41, 5.74) is -0.418. The highest BCUT2D eigenvalue weighted by Crippen LogP contribution is 2.25. The molecule has 0 bridgehead atoms. The minimum atomic E-state index is -4.76. The molecule has 1 rings (SSSR count). The summed E-state index contributed by atoms with van der Waals surface area (Å²) in [6.07, 6.45) is 2.91. The van der Waals surface area contributed by atoms with Crippen LogP contribution in [0.2, 0.25) is 0 Å². The lowest BCUT2D eigenvalue weighted by Crippen LogP contribution is -2.07. The van der Waals surface area contributed by atoms with Crippen molar-refractivity contribution in [3.05, 3.63) is 59.0 Å². The number of phenols is 1. The Morgan fingerprint density at radius 3 is 2.17 bits per heavy atom. The normalized spacial score (nSPS) is 13.6. The van der Waals surface area contributed by atoms with Crippen molar-refractivity contribution in [3.8, 4) is 5.75 Å². The fourth-order valence-electron chi connectivity index (χ4n) is 1.70. The van der Waals surface area contributed by atoms with Crippen LogP contribution in [0.25, 0.3) is 0 Å². The highest BCUT2D eigenvalue weighted by atomic mass is 32.2. The lowest BCUT2D eigenvalue weighted by Gasteiger charge is -2.06. The van der Waals surface area contributed by atoms with Gasteiger partial charge in [-0.1, -0.05) is 12.7 Å². The molecule has 0 radical (unpaired) electrons. The van der Waals surface area contributed by atoms with E-state index in [9.17, 15) is 26.7 Å². The zero-order chi connectivity index (χ0) is 18.7. The van der Waals surface area contributed by atoms with Gasteiger partial charge in [-0.2, -0.15) is 16.8 Å². The maximum atomic E-state index is 12.4. The molecular formula is C14H14O8S2. The third kappa shape index (κ3) is 4.61. The molecule has 0 spiro atoms. The maximum Gasteiger partial charge on any atom is 0.298 e. The van der Waals surface area contributed by atoms with Crippen LogP contribution in [-0.4, -0.2) is 36.8 Å². The fourth-order valence-corrected chi connectivity index (χ4v) is 2.80. The molecule has 3 N–H and O–H groups in total. The van der Waals surface area contributed by atoms with Crippen molar-refractivity contribution in [2.45, 2.75) is 11.8 Å². The third-order valence-electron chi connectivity index (χ3n) is 2.87. The molecule has 1 aromatic rings. The number of aromatic hydroxyl groups is 1. The average Bonchev–Trinajstić information content (AvgIpc) is 2.45. The highest BCUT2D eigenvalue weighted by molar-refractivity contribution is 7.90. The minimum Gasteiger partial charge on any atom is -0.506 e. The Kier molecular flexibility index (Phi) is 5.84. The number of Topliss-reactive ketones (excluding diaryl/α,β-unsaturated/α-hetero) is 1. The molecule has 10 heteroatoms. The molecule has 0 aliphatic rings. The lowest BCUT2D eigenvalue weighted by molar-refractivity contribution is 0.103. The van der Waals surface area contributed by atoms with Crippen molar-refractivity contribution in [1.29, 1.82) is 0 Å². The van der Waals surface area contributed by atoms with Gasteiger partial charge in [-0.05, 0) is 37.3 Å². The van der Waals surface area contributed by atoms with Gasteiger partial charge in [0.1, 0.15) is 10.6 Å². The molecule has 0 aliphatic carbocycles. The summed E-state index contributed by atoms with van der Waals surface area (Å²) in [5, 5.41) is 9.44. The predicted molar refractivity (Wildman–Crippen MR) is 85.8 cm³/mol. The first-order chi connectivity index (χ1) is 10.9. The Bertz CT molecular complexity index is 950. The molecular weight excluding hydrogens is 360 g/mol. The van der Waals surface area contributed by atoms with Crippen LogP contribution in [0, 0.1) is 0 Å². The minimum absolute atomic E-state index is 0.186. The molecule has 0 aromatic heterocycles. The molecule has 0 saturated carbocycles. The van der Waals surface area contributed by atoms with Gasteiger partial charge in [0.25, 0.3) is 20.2 Å². The largest absolute Gasteiger partial charge is 0.506 e. The van der Waals surface area contributed by atoms with Gasteiger partial charge >= 0.3 is 0 Å². The number of carbonyl (C=O) groups excluding carboxylic acids is 1. The van der Waals surface area contributed by atoms with Crippen molar-refractivity contribution in [1.82, 2.24) is 0 Å². The Morgan fingerprint density at radius 2 is 1.75 bits per heavy atom. The quantitative estimate of drug-likeness (QED) is 0.295. The van der Waals surface area contributed by atoms with E-state index in [0.717, 1.165) is 30.4 Å². The fraction of sp³-hybridized carbons (Fsp3) is 0.0714. The number of allylic oxidation sites excluding steroid dienone is 4. The topological polar surface area (TPSA) is 146 Å². The van der Waals surface area contributed by atoms with Gasteiger partial charge in [-0.25, -0.2) is 0 Å². The molecule has 0 fully saturated rings. The van der Waals surface area contributed by atoms with Gasteiger partial charge in [-0.15, -0.1) is 0 Å². The number of hydrogen-bond acceptors (Lipinski definition) is 6. The van der Waals surface area contributed by atoms with Crippen molar-refractivity contribution in [2.24, 2.45) is 0 Å². The van der Waals surface area contributed by atoms with E-state index in [-0.39, 0.29) is 11.1 Å². The molecule has 130 valence electrons. The van der Waals surface area contributed by atoms with E-state index in [4.69, 9.17) is 9.11 Å². The summed E-state index contributed by atoms with van der Waals surface area (Å²) < 4.78 is 62.6. The molecule has 24 heavy (non-hydrogen) atoms. The number of rotatable bonds is 6. The van der Waals surface area contributed by atoms with Gasteiger partial charge in [0, 0.05) is 11.1 Å². The van der Waals surface area contributed by atoms with Crippen LogP contribution in [-0.2, 0) is 20.2 Å². The summed E-state index contributed by atoms with van der Waals surface area (Å²) in [7, 11) is -9.36. The molecule has 0 heterocycles. The highest BCUT2D eigenvalue weighted by Gasteiger charge is 2.20. The number of hydrogen-bond donors (Lipinski definition) is 3. The zero-order valence-corrected chi connectivity index (χ0v) is 14.0. The molecule has 0 amide bonds. The first-order valence-electron chi connectivity index (χ1n) is 6.25. The number of benzene rings is 1. The number of carbonyl (C=O) groups is 1. The van der Waals surface area contributed by atoms with E-state index in [2.05, 4.69) is 6.58 Å². The summed E-state index contributed by atoms with van der Waals surface area (Å²) in [6.45, 7) is 4.63. The zero-order valence-electron chi connectivity index (χ0n) is 12.4. The predicted octanol–water partition coefficient (Wildman–Crippen LogP) is 1.73.